The molecule has 1 aliphatic rings. The van der Waals surface area contributed by atoms with E-state index in [2.05, 4.69) is 27.2 Å². The molecule has 2 rings (SSSR count). The van der Waals surface area contributed by atoms with Crippen molar-refractivity contribution in [3.63, 3.8) is 0 Å². The molecule has 20 heavy (non-hydrogen) atoms. The minimum atomic E-state index is 0.307. The molecule has 1 saturated carbocycles. The lowest BCUT2D eigenvalue weighted by molar-refractivity contribution is 0.254. The van der Waals surface area contributed by atoms with Crippen molar-refractivity contribution in [1.29, 1.82) is 0 Å². The number of rotatable bonds is 6. The quantitative estimate of drug-likeness (QED) is 0.778. The van der Waals surface area contributed by atoms with Crippen LogP contribution in [0, 0.1) is 6.92 Å². The van der Waals surface area contributed by atoms with Crippen molar-refractivity contribution in [2.75, 3.05) is 25.5 Å². The summed E-state index contributed by atoms with van der Waals surface area (Å²) in [5.74, 6) is 0.604. The largest absolute Gasteiger partial charge is 0.388 e. The number of nitrogens with two attached hydrogens (primary N) is 1. The topological polar surface area (TPSA) is 67.1 Å². The van der Waals surface area contributed by atoms with Gasteiger partial charge in [-0.2, -0.15) is 0 Å². The van der Waals surface area contributed by atoms with Crippen LogP contribution in [0.2, 0.25) is 0 Å². The Morgan fingerprint density at radius 3 is 2.80 bits per heavy atom. The number of aryl methyl sites for hydroxylation is 1. The Balaban J connectivity index is 1.85. The Kier molecular flexibility index (Phi) is 5.25. The Morgan fingerprint density at radius 2 is 2.15 bits per heavy atom. The van der Waals surface area contributed by atoms with Gasteiger partial charge in [0.1, 0.15) is 10.7 Å². The minimum absolute atomic E-state index is 0.307. The summed E-state index contributed by atoms with van der Waals surface area (Å²) in [5, 5.41) is 3.26. The molecule has 1 aromatic heterocycles. The van der Waals surface area contributed by atoms with Crippen LogP contribution in [0.4, 0.5) is 5.95 Å². The van der Waals surface area contributed by atoms with Crippen molar-refractivity contribution in [1.82, 2.24) is 14.9 Å². The highest BCUT2D eigenvalue weighted by molar-refractivity contribution is 7.80. The average Bonchev–Trinajstić information content (AvgIpc) is 2.91. The van der Waals surface area contributed by atoms with Gasteiger partial charge in [-0.1, -0.05) is 25.1 Å². The third-order valence-corrected chi connectivity index (χ3v) is 4.01. The standard InChI is InChI=1S/C14H23N5S/c1-10-9-12(13(15)20)18-14(17-10)16-7-8-19(2)11-5-3-4-6-11/h9,11H,3-8H2,1-2H3,(H2,15,20)(H,16,17,18). The van der Waals surface area contributed by atoms with Crippen molar-refractivity contribution in [3.8, 4) is 0 Å². The first-order valence-electron chi connectivity index (χ1n) is 7.16. The number of likely N-dealkylation sites (N-methyl/N-ethyl adjacent to an activating group) is 1. The van der Waals surface area contributed by atoms with Crippen LogP contribution < -0.4 is 11.1 Å². The van der Waals surface area contributed by atoms with Crippen LogP contribution in [-0.4, -0.2) is 46.0 Å². The molecule has 6 heteroatoms. The fourth-order valence-corrected chi connectivity index (χ4v) is 2.75. The molecular formula is C14H23N5S. The molecule has 0 unspecified atom stereocenters. The lowest BCUT2D eigenvalue weighted by atomic mass is 10.2. The van der Waals surface area contributed by atoms with E-state index >= 15 is 0 Å². The molecule has 0 bridgehead atoms. The van der Waals surface area contributed by atoms with Gasteiger partial charge in [0.25, 0.3) is 0 Å². The fourth-order valence-electron chi connectivity index (χ4n) is 2.65. The van der Waals surface area contributed by atoms with Gasteiger partial charge >= 0.3 is 0 Å². The van der Waals surface area contributed by atoms with Gasteiger partial charge in [0, 0.05) is 24.8 Å². The van der Waals surface area contributed by atoms with Gasteiger partial charge < -0.3 is 16.0 Å². The summed E-state index contributed by atoms with van der Waals surface area (Å²) in [6.07, 6.45) is 5.37. The molecular weight excluding hydrogens is 270 g/mol. The predicted octanol–water partition coefficient (Wildman–Crippen LogP) is 1.71. The predicted molar refractivity (Wildman–Crippen MR) is 86.0 cm³/mol. The Labute approximate surface area is 126 Å². The minimum Gasteiger partial charge on any atom is -0.388 e. The summed E-state index contributed by atoms with van der Waals surface area (Å²) < 4.78 is 0. The zero-order valence-corrected chi connectivity index (χ0v) is 13.0. The normalized spacial score (nSPS) is 15.8. The van der Waals surface area contributed by atoms with Crippen LogP contribution in [-0.2, 0) is 0 Å². The molecule has 0 radical (unpaired) electrons. The van der Waals surface area contributed by atoms with Gasteiger partial charge in [-0.25, -0.2) is 9.97 Å². The molecule has 0 aliphatic heterocycles. The maximum Gasteiger partial charge on any atom is 0.223 e. The molecule has 1 fully saturated rings. The second-order valence-electron chi connectivity index (χ2n) is 5.43. The first-order valence-corrected chi connectivity index (χ1v) is 7.56. The number of thiocarbonyl (C=S) groups is 1. The van der Waals surface area contributed by atoms with Crippen molar-refractivity contribution in [2.24, 2.45) is 5.73 Å². The van der Waals surface area contributed by atoms with Gasteiger partial charge in [-0.3, -0.25) is 0 Å². The third kappa shape index (κ3) is 4.11. The Bertz CT molecular complexity index is 471. The molecule has 0 spiro atoms. The highest BCUT2D eigenvalue weighted by atomic mass is 32.1. The van der Waals surface area contributed by atoms with E-state index in [1.807, 2.05) is 6.92 Å². The molecule has 0 atom stereocenters. The second kappa shape index (κ2) is 6.95. The Morgan fingerprint density at radius 1 is 1.45 bits per heavy atom. The van der Waals surface area contributed by atoms with E-state index in [0.717, 1.165) is 24.8 Å². The molecule has 110 valence electrons. The van der Waals surface area contributed by atoms with Gasteiger partial charge in [-0.15, -0.1) is 0 Å². The van der Waals surface area contributed by atoms with Gasteiger partial charge in [0.2, 0.25) is 5.95 Å². The number of anilines is 1. The molecule has 1 aliphatic carbocycles. The highest BCUT2D eigenvalue weighted by Gasteiger charge is 2.18. The highest BCUT2D eigenvalue weighted by Crippen LogP contribution is 2.21. The first kappa shape index (κ1) is 15.1. The summed E-state index contributed by atoms with van der Waals surface area (Å²) in [4.78, 5) is 11.4. The third-order valence-electron chi connectivity index (χ3n) is 3.80. The van der Waals surface area contributed by atoms with Gasteiger partial charge in [0.15, 0.2) is 0 Å². The van der Waals surface area contributed by atoms with Crippen molar-refractivity contribution >= 4 is 23.2 Å². The molecule has 0 amide bonds. The van der Waals surface area contributed by atoms with E-state index in [1.165, 1.54) is 25.7 Å². The fraction of sp³-hybridized carbons (Fsp3) is 0.643. The van der Waals surface area contributed by atoms with E-state index in [-0.39, 0.29) is 0 Å². The molecule has 1 heterocycles. The average molecular weight is 293 g/mol. The summed E-state index contributed by atoms with van der Waals surface area (Å²) >= 11 is 4.96. The van der Waals surface area contributed by atoms with Gasteiger partial charge in [0.05, 0.1) is 0 Å². The van der Waals surface area contributed by atoms with Crippen LogP contribution in [0.1, 0.15) is 37.1 Å². The van der Waals surface area contributed by atoms with E-state index in [1.54, 1.807) is 6.07 Å². The number of nitrogens with one attached hydrogen (secondary N) is 1. The monoisotopic (exact) mass is 293 g/mol. The SMILES string of the molecule is Cc1cc(C(N)=S)nc(NCCN(C)C2CCCC2)n1. The number of nitrogens with zero attached hydrogens (tertiary/aromatic N) is 3. The maximum absolute atomic E-state index is 5.62. The van der Waals surface area contributed by atoms with E-state index < -0.39 is 0 Å². The maximum atomic E-state index is 5.62. The van der Waals surface area contributed by atoms with Crippen LogP contribution in [0.25, 0.3) is 0 Å². The van der Waals surface area contributed by atoms with Crippen LogP contribution in [0.15, 0.2) is 6.07 Å². The smallest absolute Gasteiger partial charge is 0.223 e. The number of hydrogen-bond donors (Lipinski definition) is 2. The van der Waals surface area contributed by atoms with Gasteiger partial charge in [-0.05, 0) is 32.9 Å². The molecule has 3 N–H and O–H groups in total. The molecule has 5 nitrogen and oxygen atoms in total. The van der Waals surface area contributed by atoms with E-state index in [4.69, 9.17) is 18.0 Å². The Hall–Kier alpha value is -1.27. The molecule has 0 aromatic carbocycles. The zero-order chi connectivity index (χ0) is 14.5. The van der Waals surface area contributed by atoms with E-state index in [9.17, 15) is 0 Å². The van der Waals surface area contributed by atoms with Crippen molar-refractivity contribution < 1.29 is 0 Å². The number of hydrogen-bond acceptors (Lipinski definition) is 5. The summed E-state index contributed by atoms with van der Waals surface area (Å²) in [5.41, 5.74) is 7.11. The molecule has 0 saturated heterocycles. The lowest BCUT2D eigenvalue weighted by Crippen LogP contribution is -2.33. The van der Waals surface area contributed by atoms with Crippen LogP contribution in [0.5, 0.6) is 0 Å². The number of aromatic nitrogens is 2. The summed E-state index contributed by atoms with van der Waals surface area (Å²) in [6, 6.07) is 2.54. The molecule has 1 aromatic rings. The van der Waals surface area contributed by atoms with Crippen LogP contribution in [0.3, 0.4) is 0 Å². The van der Waals surface area contributed by atoms with E-state index in [0.29, 0.717) is 16.6 Å². The van der Waals surface area contributed by atoms with Crippen molar-refractivity contribution in [3.05, 3.63) is 17.5 Å². The zero-order valence-electron chi connectivity index (χ0n) is 12.2. The summed E-state index contributed by atoms with van der Waals surface area (Å²) in [6.45, 7) is 3.73. The second-order valence-corrected chi connectivity index (χ2v) is 5.87. The first-order chi connectivity index (χ1) is 9.56. The van der Waals surface area contributed by atoms with Crippen LogP contribution >= 0.6 is 12.2 Å². The summed E-state index contributed by atoms with van der Waals surface area (Å²) in [7, 11) is 2.19. The lowest BCUT2D eigenvalue weighted by Gasteiger charge is -2.23. The van der Waals surface area contributed by atoms with Crippen molar-refractivity contribution in [2.45, 2.75) is 38.6 Å².